The minimum absolute atomic E-state index is 0.0450. The molecule has 0 fully saturated rings. The first kappa shape index (κ1) is 23.8. The number of anilines is 2. The third-order valence-electron chi connectivity index (χ3n) is 5.74. The highest BCUT2D eigenvalue weighted by atomic mass is 35.5. The molecule has 0 bridgehead atoms. The molecule has 2 heterocycles. The number of pyridine rings is 1. The molecule has 0 amide bonds. The van der Waals surface area contributed by atoms with Gasteiger partial charge in [0.05, 0.1) is 45.6 Å². The van der Waals surface area contributed by atoms with Gasteiger partial charge in [-0.15, -0.1) is 0 Å². The van der Waals surface area contributed by atoms with Crippen LogP contribution in [-0.4, -0.2) is 27.7 Å². The van der Waals surface area contributed by atoms with Gasteiger partial charge in [0.15, 0.2) is 0 Å². The molecule has 1 aliphatic carbocycles. The van der Waals surface area contributed by atoms with Gasteiger partial charge in [0.2, 0.25) is 5.88 Å². The van der Waals surface area contributed by atoms with Gasteiger partial charge in [-0.2, -0.15) is 0 Å². The SMILES string of the molecule is COc1ncccc1Nc1cc2nc3cc(C)ccc3n(-c3ccc(F)c(Cl)c3)c-2cc1=NC(C)C. The van der Waals surface area contributed by atoms with Gasteiger partial charge in [-0.1, -0.05) is 17.7 Å². The summed E-state index contributed by atoms with van der Waals surface area (Å²) in [4.78, 5) is 14.1. The number of rotatable bonds is 5. The zero-order valence-corrected chi connectivity index (χ0v) is 21.1. The van der Waals surface area contributed by atoms with Crippen LogP contribution in [0.2, 0.25) is 5.02 Å². The zero-order chi connectivity index (χ0) is 25.4. The first-order valence-corrected chi connectivity index (χ1v) is 11.9. The molecule has 1 N–H and O–H groups in total. The summed E-state index contributed by atoms with van der Waals surface area (Å²) >= 11 is 6.19. The lowest BCUT2D eigenvalue weighted by Crippen LogP contribution is -2.17. The van der Waals surface area contributed by atoms with E-state index in [1.807, 2.05) is 67.8 Å². The van der Waals surface area contributed by atoms with Gasteiger partial charge in [0.25, 0.3) is 0 Å². The molecule has 0 atom stereocenters. The third-order valence-corrected chi connectivity index (χ3v) is 6.03. The lowest BCUT2D eigenvalue weighted by Gasteiger charge is -2.21. The number of ether oxygens (including phenoxy) is 1. The molecule has 0 radical (unpaired) electrons. The smallest absolute Gasteiger partial charge is 0.237 e. The number of fused-ring (bicyclic) bond motifs is 2. The van der Waals surface area contributed by atoms with Gasteiger partial charge in [-0.25, -0.2) is 14.4 Å². The molecule has 2 aliphatic rings. The van der Waals surface area contributed by atoms with Crippen molar-refractivity contribution >= 4 is 34.0 Å². The number of hydrogen-bond acceptors (Lipinski definition) is 5. The number of benzene rings is 3. The van der Waals surface area contributed by atoms with E-state index >= 15 is 0 Å². The summed E-state index contributed by atoms with van der Waals surface area (Å²) in [5, 5.41) is 4.23. The largest absolute Gasteiger partial charge is 0.480 e. The van der Waals surface area contributed by atoms with Crippen LogP contribution in [0.25, 0.3) is 28.1 Å². The maximum absolute atomic E-state index is 14.0. The number of nitrogens with zero attached hydrogens (tertiary/aromatic N) is 4. The van der Waals surface area contributed by atoms with Crippen LogP contribution in [-0.2, 0) is 0 Å². The number of halogens is 2. The summed E-state index contributed by atoms with van der Waals surface area (Å²) in [6, 6.07) is 18.5. The van der Waals surface area contributed by atoms with Crippen molar-refractivity contribution < 1.29 is 9.13 Å². The van der Waals surface area contributed by atoms with Crippen LogP contribution in [0.4, 0.5) is 15.8 Å². The van der Waals surface area contributed by atoms with E-state index in [2.05, 4.69) is 10.3 Å². The number of aryl methyl sites for hydroxylation is 1. The molecule has 1 aromatic heterocycles. The summed E-state index contributed by atoms with van der Waals surface area (Å²) in [5.74, 6) is 0.0122. The van der Waals surface area contributed by atoms with Crippen LogP contribution in [0, 0.1) is 12.7 Å². The van der Waals surface area contributed by atoms with Crippen LogP contribution in [0.15, 0.2) is 71.9 Å². The van der Waals surface area contributed by atoms with Crippen LogP contribution >= 0.6 is 11.6 Å². The zero-order valence-electron chi connectivity index (χ0n) is 20.4. The lowest BCUT2D eigenvalue weighted by atomic mass is 10.1. The average Bonchev–Trinajstić information content (AvgIpc) is 2.85. The van der Waals surface area contributed by atoms with Crippen molar-refractivity contribution in [1.82, 2.24) is 14.5 Å². The van der Waals surface area contributed by atoms with Crippen molar-refractivity contribution in [2.75, 3.05) is 12.4 Å². The van der Waals surface area contributed by atoms with E-state index in [0.29, 0.717) is 5.88 Å². The van der Waals surface area contributed by atoms with Crippen LogP contribution < -0.4 is 15.4 Å². The second-order valence-corrected chi connectivity index (χ2v) is 9.21. The van der Waals surface area contributed by atoms with Crippen molar-refractivity contribution in [3.8, 4) is 23.0 Å². The second-order valence-electron chi connectivity index (χ2n) is 8.80. The Hall–Kier alpha value is -3.97. The predicted octanol–water partition coefficient (Wildman–Crippen LogP) is 6.69. The first-order valence-electron chi connectivity index (χ1n) is 11.6. The predicted molar refractivity (Wildman–Crippen MR) is 142 cm³/mol. The molecular weight excluding hydrogens is 477 g/mol. The minimum Gasteiger partial charge on any atom is -0.480 e. The van der Waals surface area contributed by atoms with Gasteiger partial charge in [-0.05, 0) is 80.9 Å². The molecule has 0 unspecified atom stereocenters. The summed E-state index contributed by atoms with van der Waals surface area (Å²) in [7, 11) is 1.58. The quantitative estimate of drug-likeness (QED) is 0.272. The fourth-order valence-corrected chi connectivity index (χ4v) is 4.36. The molecule has 0 spiro atoms. The van der Waals surface area contributed by atoms with Crippen molar-refractivity contribution in [1.29, 1.82) is 0 Å². The van der Waals surface area contributed by atoms with E-state index in [1.54, 1.807) is 25.4 Å². The Morgan fingerprint density at radius 1 is 1.06 bits per heavy atom. The van der Waals surface area contributed by atoms with E-state index in [-0.39, 0.29) is 11.1 Å². The van der Waals surface area contributed by atoms with Crippen molar-refractivity contribution in [3.05, 3.63) is 88.6 Å². The van der Waals surface area contributed by atoms with E-state index < -0.39 is 5.82 Å². The fraction of sp³-hybridized carbons (Fsp3) is 0.179. The number of nitrogens with one attached hydrogen (secondary N) is 1. The Morgan fingerprint density at radius 2 is 1.89 bits per heavy atom. The molecule has 1 aliphatic heterocycles. The molecule has 0 saturated carbocycles. The highest BCUT2D eigenvalue weighted by Gasteiger charge is 2.18. The minimum atomic E-state index is -0.466. The molecule has 5 rings (SSSR count). The van der Waals surface area contributed by atoms with Gasteiger partial charge < -0.3 is 14.6 Å². The summed E-state index contributed by atoms with van der Waals surface area (Å²) < 4.78 is 21.5. The van der Waals surface area contributed by atoms with E-state index in [9.17, 15) is 4.39 Å². The monoisotopic (exact) mass is 501 g/mol. The molecule has 0 saturated heterocycles. The standard InChI is InChI=1S/C28H25ClFN5O/c1-16(2)32-23-15-27-25(14-22(23)33-21-6-5-11-31-28(21)36-4)34-24-12-17(3)7-10-26(24)35(27)18-8-9-20(30)19(29)13-18/h5-16,33H,1-4H3. The second kappa shape index (κ2) is 9.59. The Kier molecular flexibility index (Phi) is 6.33. The number of aromatic nitrogens is 3. The molecule has 36 heavy (non-hydrogen) atoms. The van der Waals surface area contributed by atoms with Crippen LogP contribution in [0.5, 0.6) is 5.88 Å². The molecule has 182 valence electrons. The third kappa shape index (κ3) is 4.50. The van der Waals surface area contributed by atoms with Crippen LogP contribution in [0.1, 0.15) is 19.4 Å². The Labute approximate surface area is 213 Å². The summed E-state index contributed by atoms with van der Waals surface area (Å²) in [5.41, 5.74) is 6.54. The summed E-state index contributed by atoms with van der Waals surface area (Å²) in [6.45, 7) is 6.07. The highest BCUT2D eigenvalue weighted by molar-refractivity contribution is 6.30. The van der Waals surface area contributed by atoms with Gasteiger partial charge in [0, 0.05) is 17.9 Å². The Bertz CT molecular complexity index is 1630. The topological polar surface area (TPSA) is 64.3 Å². The van der Waals surface area contributed by atoms with Crippen molar-refractivity contribution in [2.24, 2.45) is 4.99 Å². The van der Waals surface area contributed by atoms with Gasteiger partial charge in [-0.3, -0.25) is 4.99 Å². The molecule has 6 nitrogen and oxygen atoms in total. The molecule has 3 aromatic rings. The van der Waals surface area contributed by atoms with Gasteiger partial charge in [0.1, 0.15) is 11.5 Å². The Balaban J connectivity index is 1.84. The molecule has 8 heteroatoms. The van der Waals surface area contributed by atoms with Crippen LogP contribution in [0.3, 0.4) is 0 Å². The average molecular weight is 502 g/mol. The maximum Gasteiger partial charge on any atom is 0.237 e. The number of hydrogen-bond donors (Lipinski definition) is 1. The Morgan fingerprint density at radius 3 is 2.64 bits per heavy atom. The lowest BCUT2D eigenvalue weighted by molar-refractivity contribution is 0.400. The normalized spacial score (nSPS) is 12.0. The maximum atomic E-state index is 14.0. The van der Waals surface area contributed by atoms with Crippen molar-refractivity contribution in [3.63, 3.8) is 0 Å². The summed E-state index contributed by atoms with van der Waals surface area (Å²) in [6.07, 6.45) is 1.68. The molecule has 2 aromatic carbocycles. The van der Waals surface area contributed by atoms with Gasteiger partial charge >= 0.3 is 0 Å². The first-order chi connectivity index (χ1) is 17.3. The fourth-order valence-electron chi connectivity index (χ4n) is 4.19. The van der Waals surface area contributed by atoms with E-state index in [4.69, 9.17) is 26.3 Å². The van der Waals surface area contributed by atoms with E-state index in [1.165, 1.54) is 6.07 Å². The van der Waals surface area contributed by atoms with Crippen molar-refractivity contribution in [2.45, 2.75) is 26.8 Å². The number of methoxy groups -OCH3 is 1. The van der Waals surface area contributed by atoms with E-state index in [0.717, 1.165) is 50.4 Å². The highest BCUT2D eigenvalue weighted by Crippen LogP contribution is 2.33. The molecular formula is C28H25ClFN5O.